The van der Waals surface area contributed by atoms with Gasteiger partial charge in [-0.3, -0.25) is 24.6 Å². The first kappa shape index (κ1) is 37.1. The second-order valence-electron chi connectivity index (χ2n) is 13.9. The lowest BCUT2D eigenvalue weighted by atomic mass is 10.0. The third-order valence-corrected chi connectivity index (χ3v) is 10.0. The summed E-state index contributed by atoms with van der Waals surface area (Å²) < 4.78 is 45.1. The number of benzene rings is 3. The van der Waals surface area contributed by atoms with Gasteiger partial charge in [0.25, 0.3) is 5.91 Å². The summed E-state index contributed by atoms with van der Waals surface area (Å²) in [6, 6.07) is 19.9. The van der Waals surface area contributed by atoms with Crippen LogP contribution in [-0.2, 0) is 22.3 Å². The molecule has 7 rings (SSSR count). The van der Waals surface area contributed by atoms with Crippen molar-refractivity contribution >= 4 is 40.4 Å². The normalized spacial score (nSPS) is 16.5. The Morgan fingerprint density at radius 1 is 0.982 bits per heavy atom. The van der Waals surface area contributed by atoms with Crippen molar-refractivity contribution in [3.8, 4) is 11.8 Å². The molecular weight excluding hydrogens is 709 g/mol. The topological polar surface area (TPSA) is 124 Å². The number of carbonyl (C=O) groups excluding carboxylic acids is 3. The highest BCUT2D eigenvalue weighted by molar-refractivity contribution is 6.04. The van der Waals surface area contributed by atoms with Crippen LogP contribution < -0.4 is 20.9 Å². The van der Waals surface area contributed by atoms with Gasteiger partial charge in [-0.25, -0.2) is 9.50 Å². The number of alkyl halides is 3. The molecule has 3 N–H and O–H groups in total. The van der Waals surface area contributed by atoms with Gasteiger partial charge in [-0.2, -0.15) is 18.3 Å². The highest BCUT2D eigenvalue weighted by Gasteiger charge is 2.36. The molecule has 0 bridgehead atoms. The van der Waals surface area contributed by atoms with E-state index in [-0.39, 0.29) is 41.2 Å². The summed E-state index contributed by atoms with van der Waals surface area (Å²) in [5, 5.41) is 12.5. The fourth-order valence-electron chi connectivity index (χ4n) is 7.02. The average molecular weight is 749 g/mol. The molecule has 0 spiro atoms. The number of aryl methyl sites for hydroxylation is 1. The number of nitrogens with one attached hydrogen (secondary N) is 3. The van der Waals surface area contributed by atoms with Gasteiger partial charge in [0.1, 0.15) is 11.7 Å². The number of hydrogen-bond donors (Lipinski definition) is 3. The molecule has 11 nitrogen and oxygen atoms in total. The van der Waals surface area contributed by atoms with Crippen molar-refractivity contribution in [3.05, 3.63) is 119 Å². The third kappa shape index (κ3) is 8.63. The van der Waals surface area contributed by atoms with E-state index >= 15 is 0 Å². The predicted octanol–water partition coefficient (Wildman–Crippen LogP) is 6.03. The first-order valence-corrected chi connectivity index (χ1v) is 18.0. The number of fused-ring (bicyclic) bond motifs is 1. The Labute approximate surface area is 315 Å². The number of halogens is 3. The molecule has 2 aliphatic rings. The van der Waals surface area contributed by atoms with Crippen LogP contribution >= 0.6 is 0 Å². The maximum absolute atomic E-state index is 14.5. The van der Waals surface area contributed by atoms with E-state index in [9.17, 15) is 27.6 Å². The van der Waals surface area contributed by atoms with Crippen LogP contribution in [0.3, 0.4) is 0 Å². The largest absolute Gasteiger partial charge is 0.418 e. The Balaban J connectivity index is 0.983. The average Bonchev–Trinajstić information content (AvgIpc) is 3.58. The second kappa shape index (κ2) is 15.6. The van der Waals surface area contributed by atoms with E-state index in [1.807, 2.05) is 44.3 Å². The molecule has 55 heavy (non-hydrogen) atoms. The van der Waals surface area contributed by atoms with Crippen molar-refractivity contribution < 1.29 is 27.6 Å². The number of imidazole rings is 1. The van der Waals surface area contributed by atoms with Crippen LogP contribution in [0, 0.1) is 18.8 Å². The number of imide groups is 1. The van der Waals surface area contributed by atoms with Gasteiger partial charge in [-0.05, 0) is 105 Å². The predicted molar refractivity (Wildman–Crippen MR) is 202 cm³/mol. The Morgan fingerprint density at radius 2 is 1.80 bits per heavy atom. The van der Waals surface area contributed by atoms with E-state index < -0.39 is 23.7 Å². The minimum atomic E-state index is -4.64. The standard InChI is InChI=1S/C41H39F3N8O3/c1-26-8-9-29(22-28(26)10-12-33-24-45-37-7-4-18-46-52(33)37)39(54)48-31-11-14-36(34(23-31)41(42,43)44)51-19-16-32(17-20-51)50(2)25-27-5-3-6-30(21-27)47-35-13-15-38(53)49-40(35)55/h3-9,11,14,18,21-24,32,35,47H,13,15-17,19-20,25H2,1-2H3,(H,48,54)(H,49,53,55). The minimum absolute atomic E-state index is 0.0371. The quantitative estimate of drug-likeness (QED) is 0.130. The third-order valence-electron chi connectivity index (χ3n) is 10.0. The molecule has 282 valence electrons. The Bertz CT molecular complexity index is 2320. The van der Waals surface area contributed by atoms with Gasteiger partial charge < -0.3 is 15.5 Å². The van der Waals surface area contributed by atoms with Gasteiger partial charge in [0, 0.05) is 66.5 Å². The molecule has 3 amide bonds. The summed E-state index contributed by atoms with van der Waals surface area (Å²) in [4.78, 5) is 45.2. The van der Waals surface area contributed by atoms with E-state index in [1.54, 1.807) is 46.1 Å². The van der Waals surface area contributed by atoms with Crippen LogP contribution in [0.15, 0.2) is 85.2 Å². The molecule has 4 heterocycles. The summed E-state index contributed by atoms with van der Waals surface area (Å²) in [5.41, 5.74) is 4.01. The van der Waals surface area contributed by atoms with Crippen LogP contribution in [0.5, 0.6) is 0 Å². The van der Waals surface area contributed by atoms with Crippen molar-refractivity contribution in [3.63, 3.8) is 0 Å². The molecule has 0 saturated carbocycles. The van der Waals surface area contributed by atoms with Gasteiger partial charge in [0.15, 0.2) is 5.65 Å². The van der Waals surface area contributed by atoms with Crippen molar-refractivity contribution in [1.82, 2.24) is 24.8 Å². The lowest BCUT2D eigenvalue weighted by Gasteiger charge is -2.39. The van der Waals surface area contributed by atoms with Crippen LogP contribution in [0.25, 0.3) is 5.65 Å². The SMILES string of the molecule is Cc1ccc(C(=O)Nc2ccc(N3CCC(N(C)Cc4cccc(NC5CCC(=O)NC5=O)c4)CC3)c(C(F)(F)F)c2)cc1C#Cc1cnc2cccnn12. The van der Waals surface area contributed by atoms with Crippen molar-refractivity contribution in [1.29, 1.82) is 0 Å². The summed E-state index contributed by atoms with van der Waals surface area (Å²) >= 11 is 0. The number of piperidine rings is 2. The van der Waals surface area contributed by atoms with E-state index in [1.165, 1.54) is 12.1 Å². The van der Waals surface area contributed by atoms with Gasteiger partial charge in [0.2, 0.25) is 11.8 Å². The fourth-order valence-corrected chi connectivity index (χ4v) is 7.02. The number of anilines is 3. The van der Waals surface area contributed by atoms with Gasteiger partial charge in [0.05, 0.1) is 11.8 Å². The van der Waals surface area contributed by atoms with E-state index in [2.05, 4.69) is 42.8 Å². The molecule has 2 fully saturated rings. The number of nitrogens with zero attached hydrogens (tertiary/aromatic N) is 5. The monoisotopic (exact) mass is 748 g/mol. The molecule has 2 aliphatic heterocycles. The van der Waals surface area contributed by atoms with Crippen LogP contribution in [0.2, 0.25) is 0 Å². The second-order valence-corrected chi connectivity index (χ2v) is 13.9. The summed E-state index contributed by atoms with van der Waals surface area (Å²) in [5.74, 6) is 4.95. The van der Waals surface area contributed by atoms with Gasteiger partial charge in [-0.15, -0.1) is 0 Å². The lowest BCUT2D eigenvalue weighted by Crippen LogP contribution is -2.47. The van der Waals surface area contributed by atoms with Gasteiger partial charge in [-0.1, -0.05) is 24.1 Å². The van der Waals surface area contributed by atoms with Crippen LogP contribution in [-0.4, -0.2) is 69.4 Å². The summed E-state index contributed by atoms with van der Waals surface area (Å²) in [6.07, 6.45) is 0.628. The zero-order valence-electron chi connectivity index (χ0n) is 30.3. The molecule has 5 aromatic rings. The van der Waals surface area contributed by atoms with Crippen LogP contribution in [0.4, 0.5) is 30.2 Å². The van der Waals surface area contributed by atoms with Crippen molar-refractivity contribution in [2.75, 3.05) is 35.7 Å². The first-order chi connectivity index (χ1) is 26.4. The number of rotatable bonds is 8. The zero-order valence-corrected chi connectivity index (χ0v) is 30.3. The molecule has 14 heteroatoms. The highest BCUT2D eigenvalue weighted by Crippen LogP contribution is 2.39. The maximum atomic E-state index is 14.5. The Kier molecular flexibility index (Phi) is 10.6. The molecular formula is C41H39F3N8O3. The summed E-state index contributed by atoms with van der Waals surface area (Å²) in [6.45, 7) is 3.34. The summed E-state index contributed by atoms with van der Waals surface area (Å²) in [7, 11) is 2.00. The maximum Gasteiger partial charge on any atom is 0.418 e. The highest BCUT2D eigenvalue weighted by atomic mass is 19.4. The van der Waals surface area contributed by atoms with E-state index in [0.717, 1.165) is 22.9 Å². The molecule has 1 atom stereocenters. The molecule has 3 aromatic carbocycles. The Hall–Kier alpha value is -6.20. The molecule has 2 aromatic heterocycles. The minimum Gasteiger partial charge on any atom is -0.374 e. The molecule has 0 radical (unpaired) electrons. The Morgan fingerprint density at radius 3 is 2.58 bits per heavy atom. The van der Waals surface area contributed by atoms with Gasteiger partial charge >= 0.3 is 6.18 Å². The van der Waals surface area contributed by atoms with Crippen molar-refractivity contribution in [2.24, 2.45) is 0 Å². The van der Waals surface area contributed by atoms with Crippen LogP contribution in [0.1, 0.15) is 64.0 Å². The van der Waals surface area contributed by atoms with E-state index in [4.69, 9.17) is 0 Å². The first-order valence-electron chi connectivity index (χ1n) is 18.0. The van der Waals surface area contributed by atoms with E-state index in [0.29, 0.717) is 55.8 Å². The van der Waals surface area contributed by atoms with Crippen molar-refractivity contribution in [2.45, 2.75) is 57.4 Å². The number of hydrogen-bond acceptors (Lipinski definition) is 8. The molecule has 2 saturated heterocycles. The smallest absolute Gasteiger partial charge is 0.374 e. The fraction of sp³-hybridized carbons (Fsp3) is 0.293. The lowest BCUT2D eigenvalue weighted by molar-refractivity contribution is -0.137. The number of amides is 3. The zero-order chi connectivity index (χ0) is 38.7. The molecule has 0 aliphatic carbocycles. The molecule has 1 unspecified atom stereocenters. The number of aromatic nitrogens is 3. The number of carbonyl (C=O) groups is 3.